The summed E-state index contributed by atoms with van der Waals surface area (Å²) in [7, 11) is -2.78. The third-order valence-electron chi connectivity index (χ3n) is 4.57. The Hall–Kier alpha value is -2.76. The first-order valence-electron chi connectivity index (χ1n) is 9.69. The van der Waals surface area contributed by atoms with Crippen molar-refractivity contribution in [2.45, 2.75) is 30.8 Å². The Morgan fingerprint density at radius 3 is 2.29 bits per heavy atom. The van der Waals surface area contributed by atoms with Gasteiger partial charge in [-0.2, -0.15) is 4.72 Å². The van der Waals surface area contributed by atoms with Gasteiger partial charge in [0.15, 0.2) is 0 Å². The summed E-state index contributed by atoms with van der Waals surface area (Å²) in [4.78, 5) is 37.3. The van der Waals surface area contributed by atoms with Crippen molar-refractivity contribution in [3.05, 3.63) is 35.9 Å². The van der Waals surface area contributed by atoms with Gasteiger partial charge in [0, 0.05) is 19.2 Å². The second kappa shape index (κ2) is 11.0. The van der Waals surface area contributed by atoms with Crippen LogP contribution >= 0.6 is 0 Å². The molecule has 1 aliphatic rings. The number of hydrogen-bond acceptors (Lipinski definition) is 7. The van der Waals surface area contributed by atoms with Crippen LogP contribution in [-0.4, -0.2) is 76.6 Å². The Labute approximate surface area is 181 Å². The Kier molecular flexibility index (Phi) is 8.72. The molecule has 2 N–H and O–H groups in total. The molecule has 0 aliphatic carbocycles. The highest BCUT2D eigenvalue weighted by atomic mass is 32.2. The smallest absolute Gasteiger partial charge is 0.328 e. The lowest BCUT2D eigenvalue weighted by Crippen LogP contribution is -2.49. The number of rotatable bonds is 8. The number of carbonyl (C=O) groups excluding carboxylic acids is 3. The zero-order valence-corrected chi connectivity index (χ0v) is 18.5. The zero-order valence-electron chi connectivity index (χ0n) is 17.7. The van der Waals surface area contributed by atoms with Crippen LogP contribution in [0.4, 0.5) is 0 Å². The van der Waals surface area contributed by atoms with Crippen LogP contribution < -0.4 is 10.0 Å². The Morgan fingerprint density at radius 2 is 1.71 bits per heavy atom. The highest BCUT2D eigenvalue weighted by Gasteiger charge is 2.25. The number of hydrogen-bond donors (Lipinski definition) is 2. The fourth-order valence-electron chi connectivity index (χ4n) is 2.74. The van der Waals surface area contributed by atoms with Gasteiger partial charge in [-0.15, -0.1) is 0 Å². The van der Waals surface area contributed by atoms with E-state index < -0.39 is 34.0 Å². The molecule has 1 aromatic rings. The van der Waals surface area contributed by atoms with Crippen LogP contribution in [0.1, 0.15) is 19.4 Å². The van der Waals surface area contributed by atoms with E-state index in [9.17, 15) is 22.8 Å². The highest BCUT2D eigenvalue weighted by Crippen LogP contribution is 2.13. The van der Waals surface area contributed by atoms with Gasteiger partial charge in [-0.05, 0) is 37.6 Å². The molecule has 0 saturated carbocycles. The summed E-state index contributed by atoms with van der Waals surface area (Å²) in [5, 5.41) is 2.37. The van der Waals surface area contributed by atoms with Crippen molar-refractivity contribution in [1.29, 1.82) is 0 Å². The van der Waals surface area contributed by atoms with Crippen molar-refractivity contribution in [3.8, 4) is 0 Å². The molecule has 0 radical (unpaired) electrons. The van der Waals surface area contributed by atoms with E-state index >= 15 is 0 Å². The maximum absolute atomic E-state index is 12.5. The van der Waals surface area contributed by atoms with Gasteiger partial charge in [0.25, 0.3) is 0 Å². The van der Waals surface area contributed by atoms with Crippen molar-refractivity contribution < 1.29 is 32.3 Å². The molecule has 1 saturated heterocycles. The summed E-state index contributed by atoms with van der Waals surface area (Å²) in [6.07, 6.45) is 3.04. The average Bonchev–Trinajstić information content (AvgIpc) is 2.77. The van der Waals surface area contributed by atoms with Crippen LogP contribution in [0.2, 0.25) is 0 Å². The van der Waals surface area contributed by atoms with Crippen molar-refractivity contribution >= 4 is 33.9 Å². The molecule has 0 spiro atoms. The average molecular weight is 454 g/mol. The largest absolute Gasteiger partial charge is 0.467 e. The Balaban J connectivity index is 1.97. The second-order valence-corrected chi connectivity index (χ2v) is 8.65. The molecule has 10 nitrogen and oxygen atoms in total. The number of morpholine rings is 1. The summed E-state index contributed by atoms with van der Waals surface area (Å²) >= 11 is 0. The van der Waals surface area contributed by atoms with E-state index in [1.807, 2.05) is 0 Å². The van der Waals surface area contributed by atoms with Crippen LogP contribution in [0.25, 0.3) is 6.08 Å². The molecule has 170 valence electrons. The van der Waals surface area contributed by atoms with E-state index in [-0.39, 0.29) is 10.8 Å². The summed E-state index contributed by atoms with van der Waals surface area (Å²) in [6, 6.07) is 3.86. The number of carbonyl (C=O) groups is 3. The fourth-order valence-corrected chi connectivity index (χ4v) is 3.95. The van der Waals surface area contributed by atoms with E-state index in [4.69, 9.17) is 4.74 Å². The molecule has 0 bridgehead atoms. The zero-order chi connectivity index (χ0) is 23.0. The van der Waals surface area contributed by atoms with Gasteiger partial charge in [-0.3, -0.25) is 9.59 Å². The van der Waals surface area contributed by atoms with Crippen molar-refractivity contribution in [2.75, 3.05) is 33.4 Å². The number of methoxy groups -OCH3 is 1. The number of sulfonamides is 1. The SMILES string of the molecule is COC(=O)C(C)NC(=O)C(C)NS(=O)(=O)c1ccc(/C=C/C(=O)N2CCOCC2)cc1. The van der Waals surface area contributed by atoms with Crippen LogP contribution in [0.5, 0.6) is 0 Å². The Bertz CT molecular complexity index is 923. The number of nitrogens with one attached hydrogen (secondary N) is 2. The summed E-state index contributed by atoms with van der Waals surface area (Å²) in [5.41, 5.74) is 0.651. The minimum absolute atomic E-state index is 0.0372. The molecule has 2 rings (SSSR count). The second-order valence-electron chi connectivity index (χ2n) is 6.94. The lowest BCUT2D eigenvalue weighted by molar-refractivity contribution is -0.144. The number of amides is 2. The summed E-state index contributed by atoms with van der Waals surface area (Å²) in [6.45, 7) is 4.90. The quantitative estimate of drug-likeness (QED) is 0.415. The topological polar surface area (TPSA) is 131 Å². The molecule has 1 aliphatic heterocycles. The van der Waals surface area contributed by atoms with Gasteiger partial charge in [-0.1, -0.05) is 12.1 Å². The predicted molar refractivity (Wildman–Crippen MR) is 112 cm³/mol. The van der Waals surface area contributed by atoms with Crippen LogP contribution in [0, 0.1) is 0 Å². The standard InChI is InChI=1S/C20H27N3O7S/c1-14(19(25)21-15(2)20(26)29-3)22-31(27,28)17-7-4-16(5-8-17)6-9-18(24)23-10-12-30-13-11-23/h4-9,14-15,22H,10-13H2,1-3H3,(H,21,25)/b9-6+. The molecule has 2 atom stereocenters. The van der Waals surface area contributed by atoms with Crippen molar-refractivity contribution in [3.63, 3.8) is 0 Å². The van der Waals surface area contributed by atoms with Gasteiger partial charge < -0.3 is 19.7 Å². The van der Waals surface area contributed by atoms with E-state index in [1.54, 1.807) is 23.1 Å². The summed E-state index contributed by atoms with van der Waals surface area (Å²) in [5.74, 6) is -1.44. The Morgan fingerprint density at radius 1 is 1.10 bits per heavy atom. The third-order valence-corrected chi connectivity index (χ3v) is 6.13. The van der Waals surface area contributed by atoms with Crippen molar-refractivity contribution in [2.24, 2.45) is 0 Å². The summed E-state index contributed by atoms with van der Waals surface area (Å²) < 4.78 is 37.1. The van der Waals surface area contributed by atoms with Crippen LogP contribution in [-0.2, 0) is 33.9 Å². The van der Waals surface area contributed by atoms with Crippen LogP contribution in [0.3, 0.4) is 0 Å². The highest BCUT2D eigenvalue weighted by molar-refractivity contribution is 7.89. The molecule has 31 heavy (non-hydrogen) atoms. The van der Waals surface area contributed by atoms with Crippen LogP contribution in [0.15, 0.2) is 35.2 Å². The monoisotopic (exact) mass is 453 g/mol. The molecule has 2 unspecified atom stereocenters. The molecule has 1 heterocycles. The van der Waals surface area contributed by atoms with E-state index in [0.29, 0.717) is 31.9 Å². The van der Waals surface area contributed by atoms with Crippen molar-refractivity contribution in [1.82, 2.24) is 14.9 Å². The minimum Gasteiger partial charge on any atom is -0.467 e. The fraction of sp³-hybridized carbons (Fsp3) is 0.450. The van der Waals surface area contributed by atoms with Gasteiger partial charge in [0.1, 0.15) is 6.04 Å². The maximum Gasteiger partial charge on any atom is 0.328 e. The van der Waals surface area contributed by atoms with E-state index in [1.165, 1.54) is 39.2 Å². The molecule has 0 aromatic heterocycles. The maximum atomic E-state index is 12.5. The molecule has 1 fully saturated rings. The van der Waals surface area contributed by atoms with E-state index in [0.717, 1.165) is 0 Å². The normalized spacial score (nSPS) is 16.5. The first kappa shape index (κ1) is 24.5. The molecule has 2 amide bonds. The first-order valence-corrected chi connectivity index (χ1v) is 11.2. The number of nitrogens with zero attached hydrogens (tertiary/aromatic N) is 1. The van der Waals surface area contributed by atoms with Gasteiger partial charge in [-0.25, -0.2) is 13.2 Å². The van der Waals surface area contributed by atoms with Gasteiger partial charge in [0.05, 0.1) is 31.3 Å². The number of esters is 1. The molecular weight excluding hydrogens is 426 g/mol. The molecule has 1 aromatic carbocycles. The van der Waals surface area contributed by atoms with Gasteiger partial charge >= 0.3 is 5.97 Å². The molecule has 11 heteroatoms. The van der Waals surface area contributed by atoms with E-state index in [2.05, 4.69) is 14.8 Å². The molecular formula is C20H27N3O7S. The third kappa shape index (κ3) is 7.16. The first-order chi connectivity index (χ1) is 14.6. The lowest BCUT2D eigenvalue weighted by Gasteiger charge is -2.25. The van der Waals surface area contributed by atoms with Gasteiger partial charge in [0.2, 0.25) is 21.8 Å². The minimum atomic E-state index is -3.97. The lowest BCUT2D eigenvalue weighted by atomic mass is 10.2. The predicted octanol–water partition coefficient (Wildman–Crippen LogP) is -0.0969. The number of ether oxygens (including phenoxy) is 2. The number of benzene rings is 1.